The first-order chi connectivity index (χ1) is 14.7. The van der Waals surface area contributed by atoms with E-state index in [0.717, 1.165) is 29.9 Å². The Hall–Kier alpha value is -1.28. The molecular formula is C29H42O2. The van der Waals surface area contributed by atoms with Crippen LogP contribution in [0.4, 0.5) is 0 Å². The van der Waals surface area contributed by atoms with Crippen LogP contribution in [0.25, 0.3) is 0 Å². The maximum absolute atomic E-state index is 6.59. The zero-order chi connectivity index (χ0) is 21.9. The Morgan fingerprint density at radius 2 is 1.68 bits per heavy atom. The third-order valence-corrected chi connectivity index (χ3v) is 9.51. The van der Waals surface area contributed by atoms with Crippen molar-refractivity contribution >= 4 is 0 Å². The van der Waals surface area contributed by atoms with Gasteiger partial charge in [-0.2, -0.15) is 0 Å². The lowest BCUT2D eigenvalue weighted by molar-refractivity contribution is -0.0971. The monoisotopic (exact) mass is 422 g/mol. The van der Waals surface area contributed by atoms with Crippen molar-refractivity contribution in [1.29, 1.82) is 0 Å². The van der Waals surface area contributed by atoms with E-state index in [9.17, 15) is 0 Å². The van der Waals surface area contributed by atoms with Gasteiger partial charge in [-0.15, -0.1) is 0 Å². The maximum atomic E-state index is 6.59. The van der Waals surface area contributed by atoms with Gasteiger partial charge in [-0.1, -0.05) is 43.7 Å². The fraction of sp³-hybridized carbons (Fsp3) is 0.724. The minimum atomic E-state index is -0.0412. The molecule has 1 aromatic carbocycles. The molecule has 170 valence electrons. The van der Waals surface area contributed by atoms with Gasteiger partial charge in [0.15, 0.2) is 0 Å². The minimum absolute atomic E-state index is 0.0412. The molecule has 7 atom stereocenters. The molecule has 0 bridgehead atoms. The van der Waals surface area contributed by atoms with Crippen LogP contribution < -0.4 is 4.74 Å². The molecule has 3 fully saturated rings. The number of rotatable bonds is 3. The summed E-state index contributed by atoms with van der Waals surface area (Å²) >= 11 is 0. The molecule has 2 heteroatoms. The Morgan fingerprint density at radius 3 is 2.42 bits per heavy atom. The van der Waals surface area contributed by atoms with Crippen LogP contribution in [0.1, 0.15) is 86.0 Å². The Balaban J connectivity index is 1.34. The van der Waals surface area contributed by atoms with Gasteiger partial charge in [0, 0.05) is 5.41 Å². The number of hydrogen-bond donors (Lipinski definition) is 0. The molecule has 0 aliphatic heterocycles. The summed E-state index contributed by atoms with van der Waals surface area (Å²) in [7, 11) is 0. The molecule has 4 aliphatic rings. The number of ether oxygens (including phenoxy) is 2. The molecule has 0 spiro atoms. The van der Waals surface area contributed by atoms with Crippen molar-refractivity contribution < 1.29 is 9.47 Å². The van der Waals surface area contributed by atoms with E-state index in [2.05, 4.69) is 71.0 Å². The van der Waals surface area contributed by atoms with Crippen LogP contribution in [-0.4, -0.2) is 17.8 Å². The molecule has 0 heterocycles. The molecule has 1 aromatic rings. The second kappa shape index (κ2) is 7.65. The fourth-order valence-corrected chi connectivity index (χ4v) is 8.04. The summed E-state index contributed by atoms with van der Waals surface area (Å²) in [4.78, 5) is 0. The van der Waals surface area contributed by atoms with Gasteiger partial charge in [0.05, 0.1) is 11.7 Å². The molecular weight excluding hydrogens is 380 g/mol. The van der Waals surface area contributed by atoms with Crippen molar-refractivity contribution in [3.63, 3.8) is 0 Å². The van der Waals surface area contributed by atoms with Crippen molar-refractivity contribution in [1.82, 2.24) is 0 Å². The number of para-hydroxylation sites is 1. The number of benzene rings is 1. The highest BCUT2D eigenvalue weighted by molar-refractivity contribution is 5.26. The first-order valence-corrected chi connectivity index (χ1v) is 12.8. The summed E-state index contributed by atoms with van der Waals surface area (Å²) in [6.45, 7) is 11.7. The number of allylic oxidation sites excluding steroid dienone is 1. The quantitative estimate of drug-likeness (QED) is 0.467. The smallest absolute Gasteiger partial charge is 0.119 e. The second-order valence-electron chi connectivity index (χ2n) is 12.4. The lowest BCUT2D eigenvalue weighted by Gasteiger charge is -2.58. The zero-order valence-corrected chi connectivity index (χ0v) is 20.3. The summed E-state index contributed by atoms with van der Waals surface area (Å²) in [5.74, 6) is 3.53. The van der Waals surface area contributed by atoms with E-state index in [-0.39, 0.29) is 5.60 Å². The minimum Gasteiger partial charge on any atom is -0.490 e. The normalized spacial score (nSPS) is 42.2. The Bertz CT molecular complexity index is 821. The molecule has 0 N–H and O–H groups in total. The summed E-state index contributed by atoms with van der Waals surface area (Å²) < 4.78 is 13.0. The van der Waals surface area contributed by atoms with E-state index >= 15 is 0 Å². The van der Waals surface area contributed by atoms with Crippen molar-refractivity contribution in [2.75, 3.05) is 0 Å². The molecule has 3 saturated carbocycles. The van der Waals surface area contributed by atoms with Crippen LogP contribution >= 0.6 is 0 Å². The molecule has 5 rings (SSSR count). The van der Waals surface area contributed by atoms with Crippen LogP contribution in [0.3, 0.4) is 0 Å². The van der Waals surface area contributed by atoms with Crippen molar-refractivity contribution in [3.8, 4) is 5.75 Å². The van der Waals surface area contributed by atoms with Gasteiger partial charge < -0.3 is 9.47 Å². The molecule has 0 radical (unpaired) electrons. The standard InChI is InChI=1S/C29H42O2/c1-27(2,3)31-22-15-17-28(4)20(19-22)11-12-23-24-13-14-26(29(24,5)18-16-25(23)28)30-21-9-7-6-8-10-21/h6-11,22-26H,12-19H2,1-5H3/t22-,23+,24+,25+,26+,28+,29+/m1/s1. The average molecular weight is 423 g/mol. The van der Waals surface area contributed by atoms with Gasteiger partial charge in [0.25, 0.3) is 0 Å². The van der Waals surface area contributed by atoms with Gasteiger partial charge in [-0.25, -0.2) is 0 Å². The van der Waals surface area contributed by atoms with Crippen LogP contribution in [-0.2, 0) is 4.74 Å². The second-order valence-corrected chi connectivity index (χ2v) is 12.4. The molecule has 2 nitrogen and oxygen atoms in total. The molecule has 0 aromatic heterocycles. The van der Waals surface area contributed by atoms with Gasteiger partial charge in [0.1, 0.15) is 11.9 Å². The van der Waals surface area contributed by atoms with Crippen molar-refractivity contribution in [2.45, 2.75) is 104 Å². The number of hydrogen-bond acceptors (Lipinski definition) is 2. The van der Waals surface area contributed by atoms with Crippen LogP contribution in [0.2, 0.25) is 0 Å². The zero-order valence-electron chi connectivity index (χ0n) is 20.3. The first kappa shape index (κ1) is 21.6. The van der Waals surface area contributed by atoms with Gasteiger partial charge in [-0.05, 0) is 107 Å². The maximum Gasteiger partial charge on any atom is 0.119 e. The molecule has 0 amide bonds. The van der Waals surface area contributed by atoms with E-state index in [1.54, 1.807) is 5.57 Å². The SMILES string of the molecule is CC(C)(C)O[C@@H]1CC[C@@]2(C)C(=CC[C@H]3[C@@H]4CC[C@H](Oc5ccccc5)[C@@]4(C)CC[C@@H]32)C1. The summed E-state index contributed by atoms with van der Waals surface area (Å²) in [5.41, 5.74) is 2.39. The van der Waals surface area contributed by atoms with Gasteiger partial charge in [-0.3, -0.25) is 0 Å². The molecule has 0 saturated heterocycles. The largest absolute Gasteiger partial charge is 0.490 e. The van der Waals surface area contributed by atoms with E-state index in [4.69, 9.17) is 9.47 Å². The van der Waals surface area contributed by atoms with Crippen LogP contribution in [0.15, 0.2) is 42.0 Å². The van der Waals surface area contributed by atoms with Crippen LogP contribution in [0.5, 0.6) is 5.75 Å². The molecule has 0 unspecified atom stereocenters. The third kappa shape index (κ3) is 3.77. The van der Waals surface area contributed by atoms with Crippen LogP contribution in [0, 0.1) is 28.6 Å². The summed E-state index contributed by atoms with van der Waals surface area (Å²) in [6.07, 6.45) is 13.6. The highest BCUT2D eigenvalue weighted by Crippen LogP contribution is 2.65. The number of fused-ring (bicyclic) bond motifs is 5. The predicted molar refractivity (Wildman–Crippen MR) is 127 cm³/mol. The third-order valence-electron chi connectivity index (χ3n) is 9.51. The van der Waals surface area contributed by atoms with E-state index in [1.165, 1.54) is 44.9 Å². The lowest BCUT2D eigenvalue weighted by atomic mass is 9.48. The van der Waals surface area contributed by atoms with Gasteiger partial charge in [0.2, 0.25) is 0 Å². The van der Waals surface area contributed by atoms with E-state index in [1.807, 2.05) is 0 Å². The Kier molecular flexibility index (Phi) is 5.32. The van der Waals surface area contributed by atoms with E-state index < -0.39 is 0 Å². The Morgan fingerprint density at radius 1 is 0.903 bits per heavy atom. The highest BCUT2D eigenvalue weighted by Gasteiger charge is 2.59. The fourth-order valence-electron chi connectivity index (χ4n) is 8.04. The average Bonchev–Trinajstić information content (AvgIpc) is 3.04. The Labute approximate surface area is 189 Å². The summed E-state index contributed by atoms with van der Waals surface area (Å²) in [6, 6.07) is 10.5. The predicted octanol–water partition coefficient (Wildman–Crippen LogP) is 7.58. The van der Waals surface area contributed by atoms with Gasteiger partial charge >= 0.3 is 0 Å². The topological polar surface area (TPSA) is 18.5 Å². The first-order valence-electron chi connectivity index (χ1n) is 12.8. The summed E-state index contributed by atoms with van der Waals surface area (Å²) in [5, 5.41) is 0. The van der Waals surface area contributed by atoms with Crippen molar-refractivity contribution in [2.24, 2.45) is 28.6 Å². The highest BCUT2D eigenvalue weighted by atomic mass is 16.5. The lowest BCUT2D eigenvalue weighted by Crippen LogP contribution is -2.52. The van der Waals surface area contributed by atoms with E-state index in [0.29, 0.717) is 23.0 Å². The van der Waals surface area contributed by atoms with Crippen molar-refractivity contribution in [3.05, 3.63) is 42.0 Å². The molecule has 31 heavy (non-hydrogen) atoms. The molecule has 4 aliphatic carbocycles.